The van der Waals surface area contributed by atoms with Gasteiger partial charge in [-0.2, -0.15) is 5.26 Å². The van der Waals surface area contributed by atoms with E-state index < -0.39 is 12.1 Å². The van der Waals surface area contributed by atoms with E-state index in [-0.39, 0.29) is 23.3 Å². The first-order valence-corrected chi connectivity index (χ1v) is 13.1. The van der Waals surface area contributed by atoms with Crippen molar-refractivity contribution in [1.29, 1.82) is 5.26 Å². The molecule has 1 saturated carbocycles. The fourth-order valence-corrected chi connectivity index (χ4v) is 5.31. The number of rotatable bonds is 6. The lowest BCUT2D eigenvalue weighted by Gasteiger charge is -2.35. The zero-order chi connectivity index (χ0) is 25.7. The normalized spacial score (nSPS) is 19.4. The van der Waals surface area contributed by atoms with Gasteiger partial charge in [-0.15, -0.1) is 0 Å². The zero-order valence-electron chi connectivity index (χ0n) is 21.6. The first-order valence-electron chi connectivity index (χ1n) is 13.1. The van der Waals surface area contributed by atoms with Gasteiger partial charge in [-0.05, 0) is 54.9 Å². The molecule has 7 heteroatoms. The second kappa shape index (κ2) is 11.1. The standard InChI is InChI=1S/C29H37N5O2/c1-29(2,3)22-13-15-24(16-14-22)34(28(36)25-12-8-18-33(25)20-30)26(21-9-7-17-31-19-21)27(35)32-23-10-5-4-6-11-23/h7,9,13-17,19,23,25-26H,4-6,8,10-12,18H2,1-3H3,(H,32,35)/t25-,26?/m0/s1. The van der Waals surface area contributed by atoms with Gasteiger partial charge in [0.25, 0.3) is 5.91 Å². The maximum atomic E-state index is 14.1. The van der Waals surface area contributed by atoms with E-state index in [1.807, 2.05) is 30.3 Å². The summed E-state index contributed by atoms with van der Waals surface area (Å²) in [5.74, 6) is -0.435. The predicted octanol–water partition coefficient (Wildman–Crippen LogP) is 4.85. The van der Waals surface area contributed by atoms with E-state index in [0.717, 1.165) is 37.7 Å². The predicted molar refractivity (Wildman–Crippen MR) is 140 cm³/mol. The van der Waals surface area contributed by atoms with Crippen LogP contribution in [0.25, 0.3) is 0 Å². The van der Waals surface area contributed by atoms with Crippen LogP contribution < -0.4 is 10.2 Å². The summed E-state index contributed by atoms with van der Waals surface area (Å²) in [5.41, 5.74) is 2.39. The van der Waals surface area contributed by atoms with Crippen molar-refractivity contribution in [3.05, 3.63) is 59.9 Å². The number of nitrogens with one attached hydrogen (secondary N) is 1. The molecule has 1 unspecified atom stereocenters. The molecule has 1 saturated heterocycles. The molecule has 2 heterocycles. The van der Waals surface area contributed by atoms with Crippen LogP contribution in [0.5, 0.6) is 0 Å². The van der Waals surface area contributed by atoms with E-state index in [1.165, 1.54) is 11.3 Å². The van der Waals surface area contributed by atoms with Gasteiger partial charge in [-0.25, -0.2) is 0 Å². The molecule has 1 N–H and O–H groups in total. The molecule has 0 spiro atoms. The molecule has 4 rings (SSSR count). The summed E-state index contributed by atoms with van der Waals surface area (Å²) in [6.07, 6.45) is 12.1. The summed E-state index contributed by atoms with van der Waals surface area (Å²) in [7, 11) is 0. The summed E-state index contributed by atoms with van der Waals surface area (Å²) in [5, 5.41) is 12.9. The number of pyridine rings is 1. The van der Waals surface area contributed by atoms with Gasteiger partial charge in [-0.3, -0.25) is 24.4 Å². The minimum Gasteiger partial charge on any atom is -0.351 e. The number of hydrogen-bond donors (Lipinski definition) is 1. The second-order valence-corrected chi connectivity index (χ2v) is 11.0. The molecule has 1 aliphatic carbocycles. The topological polar surface area (TPSA) is 89.3 Å². The Morgan fingerprint density at radius 2 is 1.81 bits per heavy atom. The summed E-state index contributed by atoms with van der Waals surface area (Å²) in [6.45, 7) is 6.98. The number of carbonyl (C=O) groups excluding carboxylic acids is 2. The van der Waals surface area contributed by atoms with Crippen LogP contribution in [0.1, 0.15) is 82.9 Å². The molecule has 2 amide bonds. The van der Waals surface area contributed by atoms with Crippen molar-refractivity contribution in [2.75, 3.05) is 11.4 Å². The van der Waals surface area contributed by atoms with Crippen molar-refractivity contribution in [3.8, 4) is 6.19 Å². The van der Waals surface area contributed by atoms with Gasteiger partial charge in [0.15, 0.2) is 6.19 Å². The Labute approximate surface area is 214 Å². The average molecular weight is 488 g/mol. The van der Waals surface area contributed by atoms with Gasteiger partial charge in [0.2, 0.25) is 5.91 Å². The number of benzene rings is 1. The molecule has 2 atom stereocenters. The molecule has 0 radical (unpaired) electrons. The van der Waals surface area contributed by atoms with Crippen LogP contribution in [0.15, 0.2) is 48.8 Å². The van der Waals surface area contributed by atoms with Crippen molar-refractivity contribution in [2.24, 2.45) is 0 Å². The highest BCUT2D eigenvalue weighted by Gasteiger charge is 2.40. The Balaban J connectivity index is 1.77. The molecule has 1 aliphatic heterocycles. The SMILES string of the molecule is CC(C)(C)c1ccc(N(C(=O)[C@@H]2CCCN2C#N)C(C(=O)NC2CCCCC2)c2cccnc2)cc1. The van der Waals surface area contributed by atoms with E-state index in [1.54, 1.807) is 23.4 Å². The number of aromatic nitrogens is 1. The van der Waals surface area contributed by atoms with Gasteiger partial charge < -0.3 is 5.32 Å². The van der Waals surface area contributed by atoms with Gasteiger partial charge in [0.1, 0.15) is 12.1 Å². The highest BCUT2D eigenvalue weighted by molar-refractivity contribution is 6.04. The van der Waals surface area contributed by atoms with E-state index >= 15 is 0 Å². The van der Waals surface area contributed by atoms with E-state index in [0.29, 0.717) is 24.2 Å². The lowest BCUT2D eigenvalue weighted by Crippen LogP contribution is -2.51. The van der Waals surface area contributed by atoms with Gasteiger partial charge in [0.05, 0.1) is 0 Å². The molecule has 2 fully saturated rings. The van der Waals surface area contributed by atoms with Gasteiger partial charge in [-0.1, -0.05) is 58.2 Å². The van der Waals surface area contributed by atoms with Crippen LogP contribution in [-0.2, 0) is 15.0 Å². The molecule has 7 nitrogen and oxygen atoms in total. The Morgan fingerprint density at radius 3 is 2.42 bits per heavy atom. The largest absolute Gasteiger partial charge is 0.351 e. The molecule has 1 aromatic heterocycles. The van der Waals surface area contributed by atoms with Gasteiger partial charge >= 0.3 is 0 Å². The van der Waals surface area contributed by atoms with Crippen LogP contribution in [-0.4, -0.2) is 40.3 Å². The van der Waals surface area contributed by atoms with Crippen LogP contribution in [0.2, 0.25) is 0 Å². The minimum atomic E-state index is -0.880. The highest BCUT2D eigenvalue weighted by atomic mass is 16.2. The smallest absolute Gasteiger partial charge is 0.251 e. The summed E-state index contributed by atoms with van der Waals surface area (Å²) >= 11 is 0. The molecular formula is C29H37N5O2. The summed E-state index contributed by atoms with van der Waals surface area (Å²) < 4.78 is 0. The average Bonchev–Trinajstić information content (AvgIpc) is 3.36. The quantitative estimate of drug-likeness (QED) is 0.589. The molecule has 36 heavy (non-hydrogen) atoms. The first-order chi connectivity index (χ1) is 17.3. The van der Waals surface area contributed by atoms with E-state index in [2.05, 4.69) is 37.3 Å². The molecular weight excluding hydrogens is 450 g/mol. The number of hydrogen-bond acceptors (Lipinski definition) is 5. The number of amides is 2. The van der Waals surface area contributed by atoms with Crippen LogP contribution >= 0.6 is 0 Å². The second-order valence-electron chi connectivity index (χ2n) is 11.0. The minimum absolute atomic E-state index is 0.0441. The Hall–Kier alpha value is -3.40. The van der Waals surface area contributed by atoms with Crippen LogP contribution in [0.3, 0.4) is 0 Å². The highest BCUT2D eigenvalue weighted by Crippen LogP contribution is 2.33. The van der Waals surface area contributed by atoms with Crippen LogP contribution in [0.4, 0.5) is 5.69 Å². The number of anilines is 1. The molecule has 190 valence electrons. The molecule has 2 aromatic rings. The molecule has 1 aromatic carbocycles. The fourth-order valence-electron chi connectivity index (χ4n) is 5.31. The van der Waals surface area contributed by atoms with E-state index in [4.69, 9.17) is 0 Å². The van der Waals surface area contributed by atoms with Crippen molar-refractivity contribution < 1.29 is 9.59 Å². The first kappa shape index (κ1) is 25.7. The number of carbonyl (C=O) groups is 2. The van der Waals surface area contributed by atoms with Crippen molar-refractivity contribution in [3.63, 3.8) is 0 Å². The number of nitriles is 1. The molecule has 2 aliphatic rings. The maximum Gasteiger partial charge on any atom is 0.251 e. The zero-order valence-corrected chi connectivity index (χ0v) is 21.6. The lowest BCUT2D eigenvalue weighted by molar-refractivity contribution is -0.128. The number of nitrogens with zero attached hydrogens (tertiary/aromatic N) is 4. The lowest BCUT2D eigenvalue weighted by atomic mass is 9.87. The van der Waals surface area contributed by atoms with Crippen molar-refractivity contribution in [2.45, 2.75) is 89.3 Å². The van der Waals surface area contributed by atoms with Gasteiger partial charge in [0, 0.05) is 36.2 Å². The van der Waals surface area contributed by atoms with Crippen molar-refractivity contribution in [1.82, 2.24) is 15.2 Å². The third-order valence-electron chi connectivity index (χ3n) is 7.37. The molecule has 0 bridgehead atoms. The fraction of sp³-hybridized carbons (Fsp3) is 0.517. The van der Waals surface area contributed by atoms with E-state index in [9.17, 15) is 14.9 Å². The Bertz CT molecular complexity index is 1080. The maximum absolute atomic E-state index is 14.1. The number of likely N-dealkylation sites (tertiary alicyclic amines) is 1. The third-order valence-corrected chi connectivity index (χ3v) is 7.37. The summed E-state index contributed by atoms with van der Waals surface area (Å²) in [6, 6.07) is 10.2. The monoisotopic (exact) mass is 487 g/mol. The Morgan fingerprint density at radius 1 is 1.08 bits per heavy atom. The summed E-state index contributed by atoms with van der Waals surface area (Å²) in [4.78, 5) is 35.5. The van der Waals surface area contributed by atoms with Crippen molar-refractivity contribution >= 4 is 17.5 Å². The van der Waals surface area contributed by atoms with Crippen LogP contribution in [0, 0.1) is 11.5 Å². The third kappa shape index (κ3) is 5.70. The Kier molecular flexibility index (Phi) is 7.93.